The maximum atomic E-state index is 13.0. The molecule has 1 heterocycles. The number of rotatable bonds is 6. The summed E-state index contributed by atoms with van der Waals surface area (Å²) in [4.78, 5) is 17.4. The molecular weight excluding hydrogens is 360 g/mol. The van der Waals surface area contributed by atoms with Crippen LogP contribution in [0.2, 0.25) is 0 Å². The van der Waals surface area contributed by atoms with Gasteiger partial charge >= 0.3 is 0 Å². The first-order chi connectivity index (χ1) is 14.2. The second-order valence-corrected chi connectivity index (χ2v) is 7.61. The van der Waals surface area contributed by atoms with E-state index in [0.717, 1.165) is 43.9 Å². The number of piperazine rings is 1. The van der Waals surface area contributed by atoms with Crippen molar-refractivity contribution in [1.82, 2.24) is 9.80 Å². The van der Waals surface area contributed by atoms with Gasteiger partial charge in [0.25, 0.3) is 5.91 Å². The molecule has 1 atom stereocenters. The molecule has 4 nitrogen and oxygen atoms in total. The van der Waals surface area contributed by atoms with E-state index in [1.165, 1.54) is 10.9 Å². The summed E-state index contributed by atoms with van der Waals surface area (Å²) >= 11 is 0. The maximum absolute atomic E-state index is 13.0. The van der Waals surface area contributed by atoms with Crippen LogP contribution in [0.4, 0.5) is 0 Å². The van der Waals surface area contributed by atoms with E-state index in [0.29, 0.717) is 6.42 Å². The molecule has 0 unspecified atom stereocenters. The molecule has 1 amide bonds. The lowest BCUT2D eigenvalue weighted by Gasteiger charge is -2.36. The van der Waals surface area contributed by atoms with E-state index in [1.807, 2.05) is 48.2 Å². The molecule has 1 fully saturated rings. The van der Waals surface area contributed by atoms with Gasteiger partial charge in [0.2, 0.25) is 0 Å². The van der Waals surface area contributed by atoms with Gasteiger partial charge in [-0.25, -0.2) is 0 Å². The van der Waals surface area contributed by atoms with Crippen LogP contribution in [-0.2, 0) is 11.3 Å². The first-order valence-electron chi connectivity index (χ1n) is 10.4. The number of hydrogen-bond acceptors (Lipinski definition) is 3. The third kappa shape index (κ3) is 4.77. The Morgan fingerprint density at radius 2 is 1.59 bits per heavy atom. The van der Waals surface area contributed by atoms with Crippen LogP contribution in [0.1, 0.15) is 18.9 Å². The van der Waals surface area contributed by atoms with Crippen LogP contribution in [-0.4, -0.2) is 48.0 Å². The van der Waals surface area contributed by atoms with Gasteiger partial charge in [-0.3, -0.25) is 9.69 Å². The highest BCUT2D eigenvalue weighted by atomic mass is 16.5. The number of carbonyl (C=O) groups is 1. The van der Waals surface area contributed by atoms with Gasteiger partial charge < -0.3 is 9.64 Å². The Hall–Kier alpha value is -2.85. The van der Waals surface area contributed by atoms with Crippen LogP contribution in [0.5, 0.6) is 5.75 Å². The first-order valence-corrected chi connectivity index (χ1v) is 10.4. The number of hydrogen-bond donors (Lipinski definition) is 0. The van der Waals surface area contributed by atoms with Crippen LogP contribution in [0.15, 0.2) is 72.8 Å². The molecule has 1 aliphatic rings. The Kier molecular flexibility index (Phi) is 6.11. The van der Waals surface area contributed by atoms with Gasteiger partial charge in [-0.05, 0) is 34.9 Å². The number of carbonyl (C=O) groups excluding carboxylic acids is 1. The molecule has 3 aromatic rings. The standard InChI is InChI=1S/C25H28N2O2/c1-2-24(29-23-13-12-21-10-6-7-11-22(21)18-23)25(28)27-16-14-26(15-17-27)19-20-8-4-3-5-9-20/h3-13,18,24H,2,14-17,19H2,1H3/t24-/m0/s1. The smallest absolute Gasteiger partial charge is 0.263 e. The van der Waals surface area contributed by atoms with E-state index in [1.54, 1.807) is 0 Å². The van der Waals surface area contributed by atoms with Gasteiger partial charge in [-0.1, -0.05) is 67.6 Å². The summed E-state index contributed by atoms with van der Waals surface area (Å²) in [7, 11) is 0. The fraction of sp³-hybridized carbons (Fsp3) is 0.320. The molecule has 4 heteroatoms. The Balaban J connectivity index is 1.35. The van der Waals surface area contributed by atoms with Crippen molar-refractivity contribution in [1.29, 1.82) is 0 Å². The number of nitrogens with zero attached hydrogens (tertiary/aromatic N) is 2. The molecule has 0 spiro atoms. The predicted molar refractivity (Wildman–Crippen MR) is 117 cm³/mol. The molecule has 0 N–H and O–H groups in total. The number of fused-ring (bicyclic) bond motifs is 1. The second-order valence-electron chi connectivity index (χ2n) is 7.61. The van der Waals surface area contributed by atoms with Crippen LogP contribution in [0.25, 0.3) is 10.8 Å². The highest BCUT2D eigenvalue weighted by molar-refractivity contribution is 5.84. The molecule has 1 saturated heterocycles. The monoisotopic (exact) mass is 388 g/mol. The maximum Gasteiger partial charge on any atom is 0.263 e. The second kappa shape index (κ2) is 9.10. The zero-order valence-corrected chi connectivity index (χ0v) is 17.0. The first kappa shape index (κ1) is 19.5. The molecule has 0 radical (unpaired) electrons. The van der Waals surface area contributed by atoms with Crippen molar-refractivity contribution in [2.45, 2.75) is 26.0 Å². The Morgan fingerprint density at radius 1 is 0.897 bits per heavy atom. The SMILES string of the molecule is CC[C@H](Oc1ccc2ccccc2c1)C(=O)N1CCN(Cc2ccccc2)CC1. The van der Waals surface area contributed by atoms with E-state index in [2.05, 4.69) is 41.3 Å². The Morgan fingerprint density at radius 3 is 2.31 bits per heavy atom. The van der Waals surface area contributed by atoms with Gasteiger partial charge in [0.1, 0.15) is 5.75 Å². The number of ether oxygens (including phenoxy) is 1. The molecule has 0 aliphatic carbocycles. The van der Waals surface area contributed by atoms with Gasteiger partial charge in [-0.15, -0.1) is 0 Å². The fourth-order valence-electron chi connectivity index (χ4n) is 3.88. The summed E-state index contributed by atoms with van der Waals surface area (Å²) in [5.41, 5.74) is 1.32. The van der Waals surface area contributed by atoms with Gasteiger partial charge in [0, 0.05) is 32.7 Å². The predicted octanol–water partition coefficient (Wildman–Crippen LogP) is 4.34. The lowest BCUT2D eigenvalue weighted by molar-refractivity contribution is -0.140. The molecule has 0 aromatic heterocycles. The van der Waals surface area contributed by atoms with Crippen LogP contribution >= 0.6 is 0 Å². The lowest BCUT2D eigenvalue weighted by atomic mass is 10.1. The van der Waals surface area contributed by atoms with Crippen molar-refractivity contribution >= 4 is 16.7 Å². The molecular formula is C25H28N2O2. The Labute approximate surface area is 172 Å². The molecule has 29 heavy (non-hydrogen) atoms. The van der Waals surface area contributed by atoms with Crippen LogP contribution in [0, 0.1) is 0 Å². The summed E-state index contributed by atoms with van der Waals surface area (Å²) in [5.74, 6) is 0.853. The minimum atomic E-state index is -0.433. The number of amides is 1. The summed E-state index contributed by atoms with van der Waals surface area (Å²) < 4.78 is 6.10. The lowest BCUT2D eigenvalue weighted by Crippen LogP contribution is -2.52. The van der Waals surface area contributed by atoms with Gasteiger partial charge in [-0.2, -0.15) is 0 Å². The average Bonchev–Trinajstić information content (AvgIpc) is 2.78. The van der Waals surface area contributed by atoms with Gasteiger partial charge in [0.15, 0.2) is 6.10 Å². The summed E-state index contributed by atoms with van der Waals surface area (Å²) in [6.45, 7) is 6.25. The summed E-state index contributed by atoms with van der Waals surface area (Å²) in [5, 5.41) is 2.30. The largest absolute Gasteiger partial charge is 0.481 e. The van der Waals surface area contributed by atoms with E-state index < -0.39 is 6.10 Å². The van der Waals surface area contributed by atoms with Crippen molar-refractivity contribution in [3.8, 4) is 5.75 Å². The zero-order chi connectivity index (χ0) is 20.1. The van der Waals surface area contributed by atoms with Crippen LogP contribution in [0.3, 0.4) is 0 Å². The molecule has 3 aromatic carbocycles. The topological polar surface area (TPSA) is 32.8 Å². The van der Waals surface area contributed by atoms with E-state index in [-0.39, 0.29) is 5.91 Å². The molecule has 4 rings (SSSR count). The van der Waals surface area contributed by atoms with Crippen molar-refractivity contribution in [3.63, 3.8) is 0 Å². The third-order valence-corrected chi connectivity index (χ3v) is 5.58. The van der Waals surface area contributed by atoms with E-state index in [9.17, 15) is 4.79 Å². The molecule has 0 bridgehead atoms. The third-order valence-electron chi connectivity index (χ3n) is 5.58. The molecule has 0 saturated carbocycles. The highest BCUT2D eigenvalue weighted by Gasteiger charge is 2.27. The van der Waals surface area contributed by atoms with Crippen molar-refractivity contribution in [2.75, 3.05) is 26.2 Å². The summed E-state index contributed by atoms with van der Waals surface area (Å²) in [6.07, 6.45) is 0.229. The Bertz CT molecular complexity index is 949. The normalized spacial score (nSPS) is 16.0. The number of benzene rings is 3. The van der Waals surface area contributed by atoms with Crippen molar-refractivity contribution in [2.24, 2.45) is 0 Å². The average molecular weight is 389 g/mol. The summed E-state index contributed by atoms with van der Waals surface area (Å²) in [6, 6.07) is 24.7. The van der Waals surface area contributed by atoms with Crippen LogP contribution < -0.4 is 4.74 Å². The van der Waals surface area contributed by atoms with E-state index in [4.69, 9.17) is 4.74 Å². The highest BCUT2D eigenvalue weighted by Crippen LogP contribution is 2.22. The quantitative estimate of drug-likeness (QED) is 0.630. The minimum Gasteiger partial charge on any atom is -0.481 e. The zero-order valence-electron chi connectivity index (χ0n) is 17.0. The van der Waals surface area contributed by atoms with Crippen molar-refractivity contribution < 1.29 is 9.53 Å². The van der Waals surface area contributed by atoms with Crippen molar-refractivity contribution in [3.05, 3.63) is 78.4 Å². The molecule has 150 valence electrons. The minimum absolute atomic E-state index is 0.0972. The molecule has 1 aliphatic heterocycles. The fourth-order valence-corrected chi connectivity index (χ4v) is 3.88. The van der Waals surface area contributed by atoms with Gasteiger partial charge in [0.05, 0.1) is 0 Å². The van der Waals surface area contributed by atoms with E-state index >= 15 is 0 Å².